The van der Waals surface area contributed by atoms with Crippen LogP contribution in [0.2, 0.25) is 0 Å². The van der Waals surface area contributed by atoms with Crippen molar-refractivity contribution in [2.75, 3.05) is 5.32 Å². The van der Waals surface area contributed by atoms with E-state index in [2.05, 4.69) is 5.32 Å². The third-order valence-electron chi connectivity index (χ3n) is 3.47. The minimum Gasteiger partial charge on any atom is -0.381 e. The third-order valence-corrected chi connectivity index (χ3v) is 3.47. The Morgan fingerprint density at radius 3 is 2.63 bits per heavy atom. The van der Waals surface area contributed by atoms with Gasteiger partial charge in [0.2, 0.25) is 0 Å². The molecule has 0 spiro atoms. The number of anilines is 1. The minimum atomic E-state index is -0.496. The summed E-state index contributed by atoms with van der Waals surface area (Å²) in [6.45, 7) is 0. The van der Waals surface area contributed by atoms with Crippen LogP contribution in [0.1, 0.15) is 31.2 Å². The molecule has 1 fully saturated rings. The Balaban J connectivity index is 2.12. The SMILES string of the molecule is N#Cc1cc([N+](=O)[O-])ccc1NC1CCC(N)CC1. The van der Waals surface area contributed by atoms with Crippen LogP contribution >= 0.6 is 0 Å². The first-order valence-corrected chi connectivity index (χ1v) is 6.31. The van der Waals surface area contributed by atoms with Crippen molar-refractivity contribution in [2.24, 2.45) is 5.73 Å². The molecular formula is C13H16N4O2. The molecule has 0 radical (unpaired) electrons. The quantitative estimate of drug-likeness (QED) is 0.640. The van der Waals surface area contributed by atoms with Gasteiger partial charge >= 0.3 is 0 Å². The molecule has 1 aromatic carbocycles. The van der Waals surface area contributed by atoms with E-state index >= 15 is 0 Å². The summed E-state index contributed by atoms with van der Waals surface area (Å²) in [5.41, 5.74) is 6.75. The summed E-state index contributed by atoms with van der Waals surface area (Å²) in [6, 6.07) is 6.87. The Bertz CT molecular complexity index is 516. The Morgan fingerprint density at radius 1 is 1.37 bits per heavy atom. The van der Waals surface area contributed by atoms with Gasteiger partial charge in [0.1, 0.15) is 6.07 Å². The second kappa shape index (κ2) is 5.67. The number of nitriles is 1. The maximum Gasteiger partial charge on any atom is 0.270 e. The third kappa shape index (κ3) is 3.20. The largest absolute Gasteiger partial charge is 0.381 e. The van der Waals surface area contributed by atoms with Crippen LogP contribution in [0.4, 0.5) is 11.4 Å². The molecule has 0 bridgehead atoms. The van der Waals surface area contributed by atoms with E-state index in [1.54, 1.807) is 6.07 Å². The average molecular weight is 260 g/mol. The number of non-ortho nitro benzene ring substituents is 1. The van der Waals surface area contributed by atoms with Gasteiger partial charge in [0.25, 0.3) is 5.69 Å². The highest BCUT2D eigenvalue weighted by Crippen LogP contribution is 2.25. The van der Waals surface area contributed by atoms with Crippen molar-refractivity contribution in [1.29, 1.82) is 5.26 Å². The maximum absolute atomic E-state index is 10.7. The maximum atomic E-state index is 10.7. The molecule has 0 atom stereocenters. The summed E-state index contributed by atoms with van der Waals surface area (Å²) < 4.78 is 0. The molecule has 2 rings (SSSR count). The van der Waals surface area contributed by atoms with Gasteiger partial charge in [-0.25, -0.2) is 0 Å². The molecule has 3 N–H and O–H groups in total. The smallest absolute Gasteiger partial charge is 0.270 e. The van der Waals surface area contributed by atoms with Gasteiger partial charge in [-0.3, -0.25) is 10.1 Å². The molecule has 6 nitrogen and oxygen atoms in total. The zero-order valence-corrected chi connectivity index (χ0v) is 10.5. The fourth-order valence-corrected chi connectivity index (χ4v) is 2.35. The summed E-state index contributed by atoms with van der Waals surface area (Å²) in [7, 11) is 0. The second-order valence-corrected chi connectivity index (χ2v) is 4.85. The summed E-state index contributed by atoms with van der Waals surface area (Å²) in [6.07, 6.45) is 3.85. The lowest BCUT2D eigenvalue weighted by Crippen LogP contribution is -2.32. The number of nitrogens with one attached hydrogen (secondary N) is 1. The van der Waals surface area contributed by atoms with Crippen molar-refractivity contribution in [1.82, 2.24) is 0 Å². The molecule has 1 aromatic rings. The summed E-state index contributed by atoms with van der Waals surface area (Å²) in [5, 5.41) is 23.0. The van der Waals surface area contributed by atoms with E-state index in [0.717, 1.165) is 25.7 Å². The zero-order chi connectivity index (χ0) is 13.8. The van der Waals surface area contributed by atoms with E-state index in [1.165, 1.54) is 12.1 Å². The van der Waals surface area contributed by atoms with Gasteiger partial charge in [-0.2, -0.15) is 5.26 Å². The lowest BCUT2D eigenvalue weighted by atomic mass is 9.91. The van der Waals surface area contributed by atoms with Gasteiger partial charge in [0.05, 0.1) is 16.2 Å². The molecule has 1 aliphatic carbocycles. The standard InChI is InChI=1S/C13H16N4O2/c14-8-9-7-12(17(18)19)5-6-13(9)16-11-3-1-10(15)2-4-11/h5-7,10-11,16H,1-4,15H2. The fraction of sp³-hybridized carbons (Fsp3) is 0.462. The molecule has 0 heterocycles. The molecule has 0 saturated heterocycles. The van der Waals surface area contributed by atoms with E-state index in [4.69, 9.17) is 11.0 Å². The summed E-state index contributed by atoms with van der Waals surface area (Å²) in [4.78, 5) is 10.2. The molecule has 0 unspecified atom stereocenters. The number of nitro benzene ring substituents is 1. The second-order valence-electron chi connectivity index (χ2n) is 4.85. The van der Waals surface area contributed by atoms with E-state index < -0.39 is 4.92 Å². The van der Waals surface area contributed by atoms with Crippen LogP contribution in [0.25, 0.3) is 0 Å². The number of rotatable bonds is 3. The van der Waals surface area contributed by atoms with Crippen LogP contribution in [0.15, 0.2) is 18.2 Å². The number of benzene rings is 1. The fourth-order valence-electron chi connectivity index (χ4n) is 2.35. The van der Waals surface area contributed by atoms with Crippen LogP contribution in [-0.4, -0.2) is 17.0 Å². The van der Waals surface area contributed by atoms with Crippen molar-refractivity contribution in [3.8, 4) is 6.07 Å². The van der Waals surface area contributed by atoms with E-state index in [0.29, 0.717) is 11.3 Å². The first-order chi connectivity index (χ1) is 9.10. The van der Waals surface area contributed by atoms with Crippen LogP contribution in [0, 0.1) is 21.4 Å². The highest BCUT2D eigenvalue weighted by atomic mass is 16.6. The van der Waals surface area contributed by atoms with Crippen LogP contribution in [0.3, 0.4) is 0 Å². The predicted octanol–water partition coefficient (Wildman–Crippen LogP) is 2.15. The van der Waals surface area contributed by atoms with E-state index in [9.17, 15) is 10.1 Å². The van der Waals surface area contributed by atoms with Gasteiger partial charge in [-0.05, 0) is 31.7 Å². The van der Waals surface area contributed by atoms with Gasteiger partial charge in [0.15, 0.2) is 0 Å². The Kier molecular flexibility index (Phi) is 3.97. The number of nitro groups is 1. The van der Waals surface area contributed by atoms with Crippen LogP contribution in [0.5, 0.6) is 0 Å². The highest BCUT2D eigenvalue weighted by molar-refractivity contribution is 5.61. The number of nitrogens with zero attached hydrogens (tertiary/aromatic N) is 2. The molecule has 1 aliphatic rings. The lowest BCUT2D eigenvalue weighted by molar-refractivity contribution is -0.384. The zero-order valence-electron chi connectivity index (χ0n) is 10.5. The Morgan fingerprint density at radius 2 is 2.05 bits per heavy atom. The molecule has 100 valence electrons. The van der Waals surface area contributed by atoms with Crippen molar-refractivity contribution in [2.45, 2.75) is 37.8 Å². The Hall–Kier alpha value is -2.13. The first kappa shape index (κ1) is 13.3. The highest BCUT2D eigenvalue weighted by Gasteiger charge is 2.19. The normalized spacial score (nSPS) is 22.5. The average Bonchev–Trinajstić information content (AvgIpc) is 2.41. The van der Waals surface area contributed by atoms with Crippen molar-refractivity contribution in [3.63, 3.8) is 0 Å². The van der Waals surface area contributed by atoms with E-state index in [-0.39, 0.29) is 17.8 Å². The number of hydrogen-bond donors (Lipinski definition) is 2. The monoisotopic (exact) mass is 260 g/mol. The molecule has 1 saturated carbocycles. The van der Waals surface area contributed by atoms with E-state index in [1.807, 2.05) is 6.07 Å². The lowest BCUT2D eigenvalue weighted by Gasteiger charge is -2.27. The Labute approximate surface area is 111 Å². The topological polar surface area (TPSA) is 105 Å². The van der Waals surface area contributed by atoms with Gasteiger partial charge in [0, 0.05) is 24.2 Å². The molecule has 0 aliphatic heterocycles. The number of hydrogen-bond acceptors (Lipinski definition) is 5. The van der Waals surface area contributed by atoms with Gasteiger partial charge in [-0.1, -0.05) is 0 Å². The summed E-state index contributed by atoms with van der Waals surface area (Å²) in [5.74, 6) is 0. The molecule has 0 amide bonds. The van der Waals surface area contributed by atoms with Crippen molar-refractivity contribution in [3.05, 3.63) is 33.9 Å². The minimum absolute atomic E-state index is 0.0623. The van der Waals surface area contributed by atoms with Crippen LogP contribution in [-0.2, 0) is 0 Å². The number of nitrogens with two attached hydrogens (primary N) is 1. The van der Waals surface area contributed by atoms with Crippen molar-refractivity contribution >= 4 is 11.4 Å². The van der Waals surface area contributed by atoms with Crippen LogP contribution < -0.4 is 11.1 Å². The predicted molar refractivity (Wildman–Crippen MR) is 71.7 cm³/mol. The van der Waals surface area contributed by atoms with Gasteiger partial charge < -0.3 is 11.1 Å². The van der Waals surface area contributed by atoms with Crippen molar-refractivity contribution < 1.29 is 4.92 Å². The summed E-state index contributed by atoms with van der Waals surface area (Å²) >= 11 is 0. The van der Waals surface area contributed by atoms with Gasteiger partial charge in [-0.15, -0.1) is 0 Å². The molecular weight excluding hydrogens is 244 g/mol. The molecule has 6 heteroatoms. The first-order valence-electron chi connectivity index (χ1n) is 6.31. The molecule has 19 heavy (non-hydrogen) atoms. The molecule has 0 aromatic heterocycles.